The molecule has 128 valence electrons. The van der Waals surface area contributed by atoms with Crippen molar-refractivity contribution in [1.29, 1.82) is 0 Å². The van der Waals surface area contributed by atoms with E-state index in [9.17, 15) is 21.6 Å². The molecule has 0 aromatic carbocycles. The number of carbonyl (C=O) groups is 1. The van der Waals surface area contributed by atoms with E-state index in [0.29, 0.717) is 0 Å². The molecule has 0 aliphatic carbocycles. The van der Waals surface area contributed by atoms with E-state index < -0.39 is 45.0 Å². The van der Waals surface area contributed by atoms with Crippen molar-refractivity contribution in [2.45, 2.75) is 12.2 Å². The fourth-order valence-electron chi connectivity index (χ4n) is 1.67. The van der Waals surface area contributed by atoms with Crippen molar-refractivity contribution in [2.75, 3.05) is 33.3 Å². The molecule has 2 atom stereocenters. The Morgan fingerprint density at radius 2 is 1.68 bits per heavy atom. The third kappa shape index (κ3) is 5.12. The minimum absolute atomic E-state index is 0.127. The number of hydrogen-bond donors (Lipinski definition) is 0. The molecule has 0 bridgehead atoms. The molecule has 0 saturated heterocycles. The molecule has 0 N–H and O–H groups in total. The van der Waals surface area contributed by atoms with Gasteiger partial charge in [0, 0.05) is 0 Å². The Morgan fingerprint density at radius 3 is 2.09 bits per heavy atom. The maximum atomic E-state index is 11.6. The fraction of sp³-hybridized carbons (Fsp3) is 0.700. The highest BCUT2D eigenvalue weighted by atomic mass is 32.2. The Labute approximate surface area is 128 Å². The highest BCUT2D eigenvalue weighted by Gasteiger charge is 2.44. The van der Waals surface area contributed by atoms with Gasteiger partial charge in [0.15, 0.2) is 11.9 Å². The summed E-state index contributed by atoms with van der Waals surface area (Å²) in [5.74, 6) is -1.29. The van der Waals surface area contributed by atoms with Crippen molar-refractivity contribution in [1.82, 2.24) is 0 Å². The van der Waals surface area contributed by atoms with Gasteiger partial charge < -0.3 is 14.2 Å². The molecule has 0 spiro atoms. The minimum atomic E-state index is -3.99. The van der Waals surface area contributed by atoms with Gasteiger partial charge in [0.25, 0.3) is 20.2 Å². The predicted molar refractivity (Wildman–Crippen MR) is 71.4 cm³/mol. The van der Waals surface area contributed by atoms with Crippen LogP contribution in [0.25, 0.3) is 0 Å². The van der Waals surface area contributed by atoms with Gasteiger partial charge in [-0.3, -0.25) is 8.37 Å². The second kappa shape index (κ2) is 6.81. The van der Waals surface area contributed by atoms with Crippen LogP contribution in [-0.2, 0) is 47.6 Å². The average molecular weight is 360 g/mol. The minimum Gasteiger partial charge on any atom is -0.493 e. The zero-order valence-corrected chi connectivity index (χ0v) is 13.9. The van der Waals surface area contributed by atoms with E-state index in [4.69, 9.17) is 18.4 Å². The lowest BCUT2D eigenvalue weighted by Crippen LogP contribution is -2.38. The maximum Gasteiger partial charge on any atom is 0.378 e. The first-order valence-corrected chi connectivity index (χ1v) is 9.37. The molecule has 1 aliphatic heterocycles. The number of hydrogen-bond acceptors (Lipinski definition) is 10. The van der Waals surface area contributed by atoms with Gasteiger partial charge >= 0.3 is 5.97 Å². The first-order valence-electron chi connectivity index (χ1n) is 5.74. The molecule has 1 heterocycles. The first kappa shape index (κ1) is 18.7. The number of methoxy groups -OCH3 is 2. The lowest BCUT2D eigenvalue weighted by atomic mass is 10.2. The molecule has 0 unspecified atom stereocenters. The highest BCUT2D eigenvalue weighted by molar-refractivity contribution is 7.86. The van der Waals surface area contributed by atoms with E-state index in [-0.39, 0.29) is 11.5 Å². The maximum absolute atomic E-state index is 11.6. The third-order valence-corrected chi connectivity index (χ3v) is 3.57. The van der Waals surface area contributed by atoms with E-state index in [0.717, 1.165) is 12.5 Å². The Balaban J connectivity index is 3.10. The van der Waals surface area contributed by atoms with Crippen LogP contribution in [0.4, 0.5) is 0 Å². The summed E-state index contributed by atoms with van der Waals surface area (Å²) in [6.07, 6.45) is -1.26. The van der Waals surface area contributed by atoms with E-state index in [2.05, 4.69) is 4.18 Å². The van der Waals surface area contributed by atoms with Crippen molar-refractivity contribution < 1.29 is 44.2 Å². The number of ether oxygens (including phenoxy) is 3. The molecule has 1 aliphatic rings. The van der Waals surface area contributed by atoms with Crippen LogP contribution in [0.3, 0.4) is 0 Å². The summed E-state index contributed by atoms with van der Waals surface area (Å²) in [5, 5.41) is 0. The van der Waals surface area contributed by atoms with Gasteiger partial charge in [-0.1, -0.05) is 0 Å². The smallest absolute Gasteiger partial charge is 0.378 e. The SMILES string of the molecule is COC1=C(OC)[C@H]([C@H](COS(C)(=O)=O)OS(C)(=O)=O)OC1=O. The lowest BCUT2D eigenvalue weighted by Gasteiger charge is -2.22. The van der Waals surface area contributed by atoms with Crippen molar-refractivity contribution >= 4 is 26.2 Å². The third-order valence-electron chi connectivity index (χ3n) is 2.41. The predicted octanol–water partition coefficient (Wildman–Crippen LogP) is -1.26. The van der Waals surface area contributed by atoms with E-state index in [1.807, 2.05) is 0 Å². The van der Waals surface area contributed by atoms with Gasteiger partial charge in [-0.05, 0) is 0 Å². The van der Waals surface area contributed by atoms with Crippen LogP contribution in [0.15, 0.2) is 11.5 Å². The molecular formula is C10H16O10S2. The number of rotatable bonds is 8. The van der Waals surface area contributed by atoms with Crippen molar-refractivity contribution in [3.05, 3.63) is 11.5 Å². The van der Waals surface area contributed by atoms with Crippen molar-refractivity contribution in [2.24, 2.45) is 0 Å². The molecule has 12 heteroatoms. The molecule has 1 rings (SSSR count). The topological polar surface area (TPSA) is 132 Å². The zero-order valence-electron chi connectivity index (χ0n) is 12.3. The second-order valence-electron chi connectivity index (χ2n) is 4.25. The van der Waals surface area contributed by atoms with Crippen LogP contribution in [0.5, 0.6) is 0 Å². The molecule has 10 nitrogen and oxygen atoms in total. The molecule has 0 radical (unpaired) electrons. The number of cyclic esters (lactones) is 1. The van der Waals surface area contributed by atoms with Crippen LogP contribution >= 0.6 is 0 Å². The summed E-state index contributed by atoms with van der Waals surface area (Å²) < 4.78 is 68.6. The molecule has 0 amide bonds. The van der Waals surface area contributed by atoms with Crippen LogP contribution in [-0.4, -0.2) is 68.4 Å². The second-order valence-corrected chi connectivity index (χ2v) is 7.50. The molecular weight excluding hydrogens is 344 g/mol. The number of esters is 1. The van der Waals surface area contributed by atoms with Gasteiger partial charge in [0.2, 0.25) is 5.76 Å². The van der Waals surface area contributed by atoms with Crippen LogP contribution in [0.2, 0.25) is 0 Å². The Hall–Kier alpha value is -1.37. The van der Waals surface area contributed by atoms with Gasteiger partial charge in [0.05, 0.1) is 33.3 Å². The summed E-state index contributed by atoms with van der Waals surface area (Å²) in [6, 6.07) is 0. The van der Waals surface area contributed by atoms with Crippen LogP contribution in [0.1, 0.15) is 0 Å². The molecule has 22 heavy (non-hydrogen) atoms. The van der Waals surface area contributed by atoms with Gasteiger partial charge in [-0.15, -0.1) is 0 Å². The summed E-state index contributed by atoms with van der Waals surface area (Å²) >= 11 is 0. The average Bonchev–Trinajstić information content (AvgIpc) is 2.68. The van der Waals surface area contributed by atoms with Gasteiger partial charge in [-0.25, -0.2) is 4.79 Å². The standard InChI is InChI=1S/C10H16O10S2/c1-16-8-7(19-10(11)9(8)17-2)6(20-22(4,14)15)5-18-21(3,12)13/h6-7H,5H2,1-4H3/t6-,7-/m0/s1. The monoisotopic (exact) mass is 360 g/mol. The number of carbonyl (C=O) groups excluding carboxylic acids is 1. The van der Waals surface area contributed by atoms with Gasteiger partial charge in [0.1, 0.15) is 6.10 Å². The highest BCUT2D eigenvalue weighted by Crippen LogP contribution is 2.28. The van der Waals surface area contributed by atoms with Crippen LogP contribution in [0, 0.1) is 0 Å². The molecule has 0 fully saturated rings. The van der Waals surface area contributed by atoms with Crippen molar-refractivity contribution in [3.8, 4) is 0 Å². The summed E-state index contributed by atoms with van der Waals surface area (Å²) in [6.45, 7) is -0.701. The summed E-state index contributed by atoms with van der Waals surface area (Å²) in [5.41, 5.74) is 0. The molecule has 0 aromatic rings. The van der Waals surface area contributed by atoms with Crippen molar-refractivity contribution in [3.63, 3.8) is 0 Å². The largest absolute Gasteiger partial charge is 0.493 e. The van der Waals surface area contributed by atoms with E-state index in [1.165, 1.54) is 14.2 Å². The van der Waals surface area contributed by atoms with E-state index in [1.54, 1.807) is 0 Å². The zero-order chi connectivity index (χ0) is 17.1. The molecule has 0 aromatic heterocycles. The quantitative estimate of drug-likeness (QED) is 0.381. The normalized spacial score (nSPS) is 20.7. The fourth-order valence-corrected chi connectivity index (χ4v) is 2.66. The Kier molecular flexibility index (Phi) is 5.78. The summed E-state index contributed by atoms with van der Waals surface area (Å²) in [7, 11) is -5.45. The first-order chi connectivity index (χ1) is 9.98. The summed E-state index contributed by atoms with van der Waals surface area (Å²) in [4.78, 5) is 11.6. The van der Waals surface area contributed by atoms with Gasteiger partial charge in [-0.2, -0.15) is 16.8 Å². The van der Waals surface area contributed by atoms with E-state index >= 15 is 0 Å². The Bertz CT molecular complexity index is 660. The Morgan fingerprint density at radius 1 is 1.09 bits per heavy atom. The molecule has 0 saturated carbocycles. The lowest BCUT2D eigenvalue weighted by molar-refractivity contribution is -0.146. The van der Waals surface area contributed by atoms with Crippen LogP contribution < -0.4 is 0 Å².